The second-order valence-corrected chi connectivity index (χ2v) is 3.58. The number of rotatable bonds is 5. The number of hydrogen-bond acceptors (Lipinski definition) is 0. The molecule has 0 aliphatic rings. The van der Waals surface area contributed by atoms with E-state index in [0.717, 1.165) is 24.1 Å². The Morgan fingerprint density at radius 3 is 2.07 bits per heavy atom. The summed E-state index contributed by atoms with van der Waals surface area (Å²) in [6.07, 6.45) is 2.01. The Morgan fingerprint density at radius 1 is 1.13 bits per heavy atom. The second kappa shape index (κ2) is 6.81. The van der Waals surface area contributed by atoms with Gasteiger partial charge in [0.05, 0.1) is 13.1 Å². The van der Waals surface area contributed by atoms with Crippen molar-refractivity contribution in [2.45, 2.75) is 13.8 Å². The lowest BCUT2D eigenvalue weighted by molar-refractivity contribution is -0.00000299. The number of quaternary nitrogens is 1. The predicted molar refractivity (Wildman–Crippen MR) is 64.4 cm³/mol. The normalized spacial score (nSPS) is 10.5. The zero-order chi connectivity index (χ0) is 10.4. The van der Waals surface area contributed by atoms with Gasteiger partial charge < -0.3 is 17.0 Å². The van der Waals surface area contributed by atoms with E-state index in [-0.39, 0.29) is 17.0 Å². The number of nitrogens with zero attached hydrogens (tertiary/aromatic N) is 1. The summed E-state index contributed by atoms with van der Waals surface area (Å²) < 4.78 is 1.00. The van der Waals surface area contributed by atoms with Crippen LogP contribution in [0.3, 0.4) is 0 Å². The van der Waals surface area contributed by atoms with Crippen molar-refractivity contribution >= 4 is 5.69 Å². The Hall–Kier alpha value is -0.600. The van der Waals surface area contributed by atoms with Crippen LogP contribution in [0.4, 0.5) is 5.69 Å². The fourth-order valence-corrected chi connectivity index (χ4v) is 1.94. The molecule has 0 unspecified atom stereocenters. The van der Waals surface area contributed by atoms with Crippen LogP contribution in [0, 0.1) is 0 Å². The summed E-state index contributed by atoms with van der Waals surface area (Å²) in [6.45, 7) is 11.6. The smallest absolute Gasteiger partial charge is 0.133 e. The number of halogens is 1. The van der Waals surface area contributed by atoms with Gasteiger partial charge in [0.15, 0.2) is 0 Å². The first-order chi connectivity index (χ1) is 6.79. The van der Waals surface area contributed by atoms with Crippen LogP contribution in [0.15, 0.2) is 43.0 Å². The highest BCUT2D eigenvalue weighted by Gasteiger charge is 2.23. The van der Waals surface area contributed by atoms with Crippen LogP contribution in [0.2, 0.25) is 0 Å². The van der Waals surface area contributed by atoms with Crippen molar-refractivity contribution < 1.29 is 17.0 Å². The number of likely N-dealkylation sites (N-methyl/N-ethyl adjacent to an activating group) is 1. The molecule has 0 amide bonds. The van der Waals surface area contributed by atoms with Gasteiger partial charge in [-0.1, -0.05) is 24.8 Å². The summed E-state index contributed by atoms with van der Waals surface area (Å²) in [6, 6.07) is 10.7. The molecule has 0 aromatic heterocycles. The SMILES string of the molecule is C=CC[N+](CC)(CC)c1ccccc1.[Br-]. The van der Waals surface area contributed by atoms with E-state index in [4.69, 9.17) is 0 Å². The molecule has 1 aromatic carbocycles. The summed E-state index contributed by atoms with van der Waals surface area (Å²) in [5.74, 6) is 0. The quantitative estimate of drug-likeness (QED) is 0.530. The fraction of sp³-hybridized carbons (Fsp3) is 0.385. The van der Waals surface area contributed by atoms with Crippen LogP contribution in [0.25, 0.3) is 0 Å². The Bertz CT molecular complexity index is 278. The fourth-order valence-electron chi connectivity index (χ4n) is 1.94. The molecule has 0 radical (unpaired) electrons. The summed E-state index contributed by atoms with van der Waals surface area (Å²) in [5, 5.41) is 0. The van der Waals surface area contributed by atoms with Gasteiger partial charge in [0.1, 0.15) is 12.2 Å². The highest BCUT2D eigenvalue weighted by atomic mass is 79.9. The molecule has 0 N–H and O–H groups in total. The van der Waals surface area contributed by atoms with Crippen LogP contribution in [0.5, 0.6) is 0 Å². The van der Waals surface area contributed by atoms with Gasteiger partial charge in [0, 0.05) is 0 Å². The van der Waals surface area contributed by atoms with Crippen LogP contribution in [-0.4, -0.2) is 19.6 Å². The maximum Gasteiger partial charge on any atom is 0.133 e. The molecule has 1 aromatic rings. The third-order valence-electron chi connectivity index (χ3n) is 2.99. The van der Waals surface area contributed by atoms with Crippen molar-refractivity contribution in [1.82, 2.24) is 4.48 Å². The number of hydrogen-bond donors (Lipinski definition) is 0. The van der Waals surface area contributed by atoms with E-state index in [0.29, 0.717) is 0 Å². The van der Waals surface area contributed by atoms with Gasteiger partial charge in [0.2, 0.25) is 0 Å². The summed E-state index contributed by atoms with van der Waals surface area (Å²) in [5.41, 5.74) is 1.39. The molecule has 0 spiro atoms. The van der Waals surface area contributed by atoms with Crippen LogP contribution in [-0.2, 0) is 0 Å². The maximum atomic E-state index is 3.85. The lowest BCUT2D eigenvalue weighted by Crippen LogP contribution is -3.00. The summed E-state index contributed by atoms with van der Waals surface area (Å²) in [4.78, 5) is 0. The van der Waals surface area contributed by atoms with E-state index in [2.05, 4.69) is 50.8 Å². The molecule has 0 bridgehead atoms. The number of benzene rings is 1. The topological polar surface area (TPSA) is 0 Å². The highest BCUT2D eigenvalue weighted by Crippen LogP contribution is 2.22. The van der Waals surface area contributed by atoms with Crippen LogP contribution in [0.1, 0.15) is 13.8 Å². The molecular weight excluding hydrogens is 250 g/mol. The van der Waals surface area contributed by atoms with Gasteiger partial charge in [0.25, 0.3) is 0 Å². The van der Waals surface area contributed by atoms with Gasteiger partial charge in [-0.05, 0) is 32.1 Å². The molecule has 1 nitrogen and oxygen atoms in total. The zero-order valence-electron chi connectivity index (χ0n) is 9.62. The highest BCUT2D eigenvalue weighted by molar-refractivity contribution is 5.42. The minimum atomic E-state index is 0. The molecule has 0 heterocycles. The van der Waals surface area contributed by atoms with Gasteiger partial charge in [-0.15, -0.1) is 0 Å². The van der Waals surface area contributed by atoms with Crippen molar-refractivity contribution in [3.8, 4) is 0 Å². The monoisotopic (exact) mass is 269 g/mol. The second-order valence-electron chi connectivity index (χ2n) is 3.58. The first-order valence-corrected chi connectivity index (χ1v) is 5.31. The predicted octanol–water partition coefficient (Wildman–Crippen LogP) is 0.224. The minimum absolute atomic E-state index is 0. The van der Waals surface area contributed by atoms with Crippen molar-refractivity contribution in [3.05, 3.63) is 43.0 Å². The van der Waals surface area contributed by atoms with Gasteiger partial charge in [-0.25, -0.2) is 0 Å². The molecule has 0 saturated carbocycles. The lowest BCUT2D eigenvalue weighted by Gasteiger charge is -2.35. The Balaban J connectivity index is 0.00000196. The first kappa shape index (κ1) is 14.4. The van der Waals surface area contributed by atoms with E-state index >= 15 is 0 Å². The zero-order valence-corrected chi connectivity index (χ0v) is 11.2. The summed E-state index contributed by atoms with van der Waals surface area (Å²) >= 11 is 0. The molecule has 0 saturated heterocycles. The summed E-state index contributed by atoms with van der Waals surface area (Å²) in [7, 11) is 0. The van der Waals surface area contributed by atoms with Gasteiger partial charge in [-0.3, -0.25) is 4.48 Å². The molecule has 0 aliphatic heterocycles. The third kappa shape index (κ3) is 3.18. The molecule has 84 valence electrons. The van der Waals surface area contributed by atoms with E-state index < -0.39 is 0 Å². The Kier molecular flexibility index (Phi) is 6.53. The maximum absolute atomic E-state index is 3.85. The molecule has 15 heavy (non-hydrogen) atoms. The van der Waals surface area contributed by atoms with E-state index in [9.17, 15) is 0 Å². The van der Waals surface area contributed by atoms with Gasteiger partial charge in [-0.2, -0.15) is 0 Å². The molecule has 1 rings (SSSR count). The minimum Gasteiger partial charge on any atom is -1.00 e. The average molecular weight is 270 g/mol. The lowest BCUT2D eigenvalue weighted by atomic mass is 10.2. The van der Waals surface area contributed by atoms with E-state index in [1.54, 1.807) is 0 Å². The Morgan fingerprint density at radius 2 is 1.67 bits per heavy atom. The van der Waals surface area contributed by atoms with E-state index in [1.807, 2.05) is 6.08 Å². The molecule has 0 atom stereocenters. The van der Waals surface area contributed by atoms with Crippen LogP contribution < -0.4 is 21.5 Å². The van der Waals surface area contributed by atoms with E-state index in [1.165, 1.54) is 5.69 Å². The first-order valence-electron chi connectivity index (χ1n) is 5.31. The molecular formula is C13H20BrN. The van der Waals surface area contributed by atoms with Crippen molar-refractivity contribution in [3.63, 3.8) is 0 Å². The number of para-hydroxylation sites is 1. The molecule has 0 fully saturated rings. The third-order valence-corrected chi connectivity index (χ3v) is 2.99. The van der Waals surface area contributed by atoms with Crippen molar-refractivity contribution in [2.24, 2.45) is 0 Å². The van der Waals surface area contributed by atoms with Crippen molar-refractivity contribution in [1.29, 1.82) is 0 Å². The largest absolute Gasteiger partial charge is 1.00 e. The average Bonchev–Trinajstić information content (AvgIpc) is 2.27. The van der Waals surface area contributed by atoms with Gasteiger partial charge >= 0.3 is 0 Å². The standard InChI is InChI=1S/C13H20N.BrH/c1-4-12-14(5-2,6-3)13-10-8-7-9-11-13;/h4,7-11H,1,5-6,12H2,2-3H3;1H/q+1;/p-1. The van der Waals surface area contributed by atoms with Crippen molar-refractivity contribution in [2.75, 3.05) is 19.6 Å². The van der Waals surface area contributed by atoms with Crippen LogP contribution >= 0.6 is 0 Å². The molecule has 2 heteroatoms. The molecule has 0 aliphatic carbocycles. The Labute approximate surface area is 104 Å².